The van der Waals surface area contributed by atoms with Gasteiger partial charge in [0.2, 0.25) is 5.95 Å². The number of hydrogen-bond acceptors (Lipinski definition) is 4. The second kappa shape index (κ2) is 9.03. The van der Waals surface area contributed by atoms with E-state index in [9.17, 15) is 18.0 Å². The molecule has 0 atom stereocenters. The second-order valence-electron chi connectivity index (χ2n) is 5.98. The van der Waals surface area contributed by atoms with E-state index in [-0.39, 0.29) is 11.9 Å². The van der Waals surface area contributed by atoms with Crippen LogP contribution in [-0.4, -0.2) is 22.4 Å². The lowest BCUT2D eigenvalue weighted by Gasteiger charge is -2.16. The number of aromatic nitrogens is 2. The number of halogens is 4. The van der Waals surface area contributed by atoms with Crippen molar-refractivity contribution in [3.05, 3.63) is 46.7 Å². The SMILES string of the molecule is CCC(CC)CNC(=O)c1cnc(Nc2cccc(Cl)c2)nc1C(F)(F)F. The largest absolute Gasteiger partial charge is 0.434 e. The molecule has 146 valence electrons. The molecule has 0 unspecified atom stereocenters. The summed E-state index contributed by atoms with van der Waals surface area (Å²) in [5.74, 6) is -0.919. The minimum atomic E-state index is -4.80. The maximum Gasteiger partial charge on any atom is 0.434 e. The smallest absolute Gasteiger partial charge is 0.352 e. The highest BCUT2D eigenvalue weighted by Crippen LogP contribution is 2.31. The average Bonchev–Trinajstić information content (AvgIpc) is 2.61. The summed E-state index contributed by atoms with van der Waals surface area (Å²) >= 11 is 5.85. The van der Waals surface area contributed by atoms with Gasteiger partial charge in [0.15, 0.2) is 5.69 Å². The summed E-state index contributed by atoms with van der Waals surface area (Å²) in [6.07, 6.45) is -2.27. The molecule has 5 nitrogen and oxygen atoms in total. The second-order valence-corrected chi connectivity index (χ2v) is 6.42. The molecule has 0 saturated carbocycles. The Morgan fingerprint density at radius 2 is 1.96 bits per heavy atom. The molecule has 9 heteroatoms. The van der Waals surface area contributed by atoms with Crippen molar-refractivity contribution in [2.45, 2.75) is 32.9 Å². The number of anilines is 2. The van der Waals surface area contributed by atoms with E-state index in [0.29, 0.717) is 17.3 Å². The lowest BCUT2D eigenvalue weighted by molar-refractivity contribution is -0.141. The highest BCUT2D eigenvalue weighted by molar-refractivity contribution is 6.30. The van der Waals surface area contributed by atoms with Crippen molar-refractivity contribution in [2.24, 2.45) is 5.92 Å². The Balaban J connectivity index is 2.26. The number of hydrogen-bond donors (Lipinski definition) is 2. The van der Waals surface area contributed by atoms with E-state index in [2.05, 4.69) is 20.6 Å². The molecule has 1 aromatic heterocycles. The van der Waals surface area contributed by atoms with Crippen LogP contribution in [-0.2, 0) is 6.18 Å². The molecule has 1 aromatic carbocycles. The molecule has 2 aromatic rings. The highest BCUT2D eigenvalue weighted by Gasteiger charge is 2.38. The molecule has 1 heterocycles. The van der Waals surface area contributed by atoms with Crippen molar-refractivity contribution in [2.75, 3.05) is 11.9 Å². The third kappa shape index (κ3) is 5.82. The minimum Gasteiger partial charge on any atom is -0.352 e. The molecule has 1 amide bonds. The third-order valence-electron chi connectivity index (χ3n) is 4.09. The number of carbonyl (C=O) groups is 1. The molecule has 0 spiro atoms. The quantitative estimate of drug-likeness (QED) is 0.681. The molecule has 0 aliphatic heterocycles. The fraction of sp³-hybridized carbons (Fsp3) is 0.389. The number of nitrogens with one attached hydrogen (secondary N) is 2. The number of nitrogens with zero attached hydrogens (tertiary/aromatic N) is 2. The lowest BCUT2D eigenvalue weighted by atomic mass is 10.0. The summed E-state index contributed by atoms with van der Waals surface area (Å²) in [4.78, 5) is 19.6. The van der Waals surface area contributed by atoms with Gasteiger partial charge < -0.3 is 10.6 Å². The predicted molar refractivity (Wildman–Crippen MR) is 98.2 cm³/mol. The maximum absolute atomic E-state index is 13.4. The van der Waals surface area contributed by atoms with Gasteiger partial charge in [0.05, 0.1) is 5.56 Å². The van der Waals surface area contributed by atoms with Gasteiger partial charge in [-0.15, -0.1) is 0 Å². The molecule has 0 bridgehead atoms. The number of amides is 1. The molecule has 0 fully saturated rings. The van der Waals surface area contributed by atoms with Crippen LogP contribution in [0.3, 0.4) is 0 Å². The van der Waals surface area contributed by atoms with E-state index in [0.717, 1.165) is 19.0 Å². The minimum absolute atomic E-state index is 0.202. The van der Waals surface area contributed by atoms with Crippen LogP contribution in [0.4, 0.5) is 24.8 Å². The molecular formula is C18H20ClF3N4O. The van der Waals surface area contributed by atoms with Crippen LogP contribution in [0, 0.1) is 5.92 Å². The first-order valence-electron chi connectivity index (χ1n) is 8.49. The van der Waals surface area contributed by atoms with E-state index in [1.807, 2.05) is 13.8 Å². The molecule has 27 heavy (non-hydrogen) atoms. The van der Waals surface area contributed by atoms with Crippen LogP contribution in [0.15, 0.2) is 30.5 Å². The third-order valence-corrected chi connectivity index (χ3v) is 4.32. The molecular weight excluding hydrogens is 381 g/mol. The van der Waals surface area contributed by atoms with Crippen molar-refractivity contribution in [3.63, 3.8) is 0 Å². The predicted octanol–water partition coefficient (Wildman–Crippen LogP) is 5.06. The van der Waals surface area contributed by atoms with Crippen LogP contribution in [0.5, 0.6) is 0 Å². The summed E-state index contributed by atoms with van der Waals surface area (Å²) in [5, 5.41) is 5.60. The zero-order valence-corrected chi connectivity index (χ0v) is 15.7. The molecule has 0 radical (unpaired) electrons. The molecule has 0 saturated heterocycles. The fourth-order valence-electron chi connectivity index (χ4n) is 2.43. The first kappa shape index (κ1) is 21.0. The van der Waals surface area contributed by atoms with Crippen molar-refractivity contribution in [1.82, 2.24) is 15.3 Å². The molecule has 2 rings (SSSR count). The molecule has 2 N–H and O–H groups in total. The Morgan fingerprint density at radius 1 is 1.26 bits per heavy atom. The molecule has 0 aliphatic rings. The van der Waals surface area contributed by atoms with Gasteiger partial charge in [0, 0.05) is 23.5 Å². The lowest BCUT2D eigenvalue weighted by Crippen LogP contribution is -2.31. The summed E-state index contributed by atoms with van der Waals surface area (Å²) in [7, 11) is 0. The zero-order valence-electron chi connectivity index (χ0n) is 14.9. The van der Waals surface area contributed by atoms with E-state index >= 15 is 0 Å². The normalized spacial score (nSPS) is 11.5. The Labute approximate surface area is 160 Å². The van der Waals surface area contributed by atoms with Gasteiger partial charge in [-0.25, -0.2) is 9.97 Å². The van der Waals surface area contributed by atoms with Crippen molar-refractivity contribution in [3.8, 4) is 0 Å². The van der Waals surface area contributed by atoms with E-state index < -0.39 is 23.3 Å². The van der Waals surface area contributed by atoms with Crippen molar-refractivity contribution < 1.29 is 18.0 Å². The van der Waals surface area contributed by atoms with E-state index in [1.54, 1.807) is 18.2 Å². The van der Waals surface area contributed by atoms with Gasteiger partial charge in [-0.1, -0.05) is 44.4 Å². The number of rotatable bonds is 7. The Bertz CT molecular complexity index is 794. The summed E-state index contributed by atoms with van der Waals surface area (Å²) in [6.45, 7) is 4.22. The van der Waals surface area contributed by atoms with Crippen LogP contribution < -0.4 is 10.6 Å². The van der Waals surface area contributed by atoms with Gasteiger partial charge in [-0.05, 0) is 24.1 Å². The fourth-order valence-corrected chi connectivity index (χ4v) is 2.62. The standard InChI is InChI=1S/C18H20ClF3N4O/c1-3-11(4-2)9-23-16(27)14-10-24-17(26-15(14)18(20,21)22)25-13-7-5-6-12(19)8-13/h5-8,10-11H,3-4,9H2,1-2H3,(H,23,27)(H,24,25,26). The Morgan fingerprint density at radius 3 is 2.56 bits per heavy atom. The van der Waals surface area contributed by atoms with Gasteiger partial charge in [0.25, 0.3) is 5.91 Å². The first-order valence-corrected chi connectivity index (χ1v) is 8.87. The molecule has 0 aliphatic carbocycles. The van der Waals surface area contributed by atoms with Crippen molar-refractivity contribution >= 4 is 29.1 Å². The first-order chi connectivity index (χ1) is 12.7. The van der Waals surface area contributed by atoms with Crippen molar-refractivity contribution in [1.29, 1.82) is 0 Å². The van der Waals surface area contributed by atoms with Crippen LogP contribution in [0.25, 0.3) is 0 Å². The van der Waals surface area contributed by atoms with Gasteiger partial charge in [0.1, 0.15) is 0 Å². The number of carbonyl (C=O) groups excluding carboxylic acids is 1. The average molecular weight is 401 g/mol. The van der Waals surface area contributed by atoms with Gasteiger partial charge in [-0.2, -0.15) is 13.2 Å². The Kier molecular flexibility index (Phi) is 7.01. The van der Waals surface area contributed by atoms with E-state index in [4.69, 9.17) is 11.6 Å². The zero-order chi connectivity index (χ0) is 20.0. The summed E-state index contributed by atoms with van der Waals surface area (Å²) in [5.41, 5.74) is -1.46. The number of benzene rings is 1. The maximum atomic E-state index is 13.4. The summed E-state index contributed by atoms with van der Waals surface area (Å²) in [6, 6.07) is 6.39. The highest BCUT2D eigenvalue weighted by atomic mass is 35.5. The van der Waals surface area contributed by atoms with Crippen LogP contribution >= 0.6 is 11.6 Å². The van der Waals surface area contributed by atoms with Gasteiger partial charge in [-0.3, -0.25) is 4.79 Å². The summed E-state index contributed by atoms with van der Waals surface area (Å²) < 4.78 is 40.2. The monoisotopic (exact) mass is 400 g/mol. The van der Waals surface area contributed by atoms with E-state index in [1.165, 1.54) is 6.07 Å². The van der Waals surface area contributed by atoms with Crippen LogP contribution in [0.1, 0.15) is 42.7 Å². The van der Waals surface area contributed by atoms with Crippen LogP contribution in [0.2, 0.25) is 5.02 Å². The number of alkyl halides is 3. The van der Waals surface area contributed by atoms with Gasteiger partial charge >= 0.3 is 6.18 Å². The Hall–Kier alpha value is -2.35. The topological polar surface area (TPSA) is 66.9 Å².